The number of hydrogen-bond donors (Lipinski definition) is 2. The van der Waals surface area contributed by atoms with Gasteiger partial charge < -0.3 is 5.73 Å². The van der Waals surface area contributed by atoms with Crippen LogP contribution in [0.2, 0.25) is 0 Å². The number of nitrogens with one attached hydrogen (secondary N) is 1. The summed E-state index contributed by atoms with van der Waals surface area (Å²) in [5, 5.41) is 12.2. The summed E-state index contributed by atoms with van der Waals surface area (Å²) in [6.07, 6.45) is 0. The molecule has 0 saturated heterocycles. The molecule has 0 fully saturated rings. The van der Waals surface area contributed by atoms with Crippen LogP contribution < -0.4 is 5.73 Å². The van der Waals surface area contributed by atoms with E-state index in [9.17, 15) is 4.39 Å². The molecule has 0 spiro atoms. The van der Waals surface area contributed by atoms with Crippen LogP contribution in [-0.2, 0) is 0 Å². The molecule has 0 aliphatic carbocycles. The Kier molecular flexibility index (Phi) is 3.50. The Morgan fingerprint density at radius 2 is 1.68 bits per heavy atom. The van der Waals surface area contributed by atoms with Crippen LogP contribution in [0.15, 0.2) is 66.7 Å². The van der Waals surface area contributed by atoms with Gasteiger partial charge in [-0.2, -0.15) is 0 Å². The topological polar surface area (TPSA) is 80.1 Å². The lowest BCUT2D eigenvalue weighted by Crippen LogP contribution is -2.13. The standard InChI is InChI=1S/C19H14FN5/c20-15-9-5-4-8-13(15)18-23-19-14(17(21)22)10-11-16(25(19)24-18)12-6-2-1-3-7-12/h1-11H,(H3,21,22). The van der Waals surface area contributed by atoms with E-state index in [-0.39, 0.29) is 11.7 Å². The van der Waals surface area contributed by atoms with Gasteiger partial charge in [0.2, 0.25) is 0 Å². The van der Waals surface area contributed by atoms with Crippen molar-refractivity contribution in [3.05, 3.63) is 78.1 Å². The fourth-order valence-corrected chi connectivity index (χ4v) is 2.76. The fraction of sp³-hybridized carbons (Fsp3) is 0. The van der Waals surface area contributed by atoms with Crippen LogP contribution in [0.3, 0.4) is 0 Å². The van der Waals surface area contributed by atoms with Crippen molar-refractivity contribution in [1.29, 1.82) is 5.41 Å². The molecular formula is C19H14FN5. The molecule has 0 aliphatic heterocycles. The minimum absolute atomic E-state index is 0.114. The summed E-state index contributed by atoms with van der Waals surface area (Å²) in [7, 11) is 0. The van der Waals surface area contributed by atoms with Crippen molar-refractivity contribution < 1.29 is 4.39 Å². The molecule has 0 unspecified atom stereocenters. The number of nitrogen functional groups attached to an aromatic ring is 1. The normalized spacial score (nSPS) is 10.9. The third-order valence-electron chi connectivity index (χ3n) is 3.96. The van der Waals surface area contributed by atoms with Crippen molar-refractivity contribution in [2.75, 3.05) is 0 Å². The van der Waals surface area contributed by atoms with Crippen LogP contribution in [-0.4, -0.2) is 20.4 Å². The van der Waals surface area contributed by atoms with Gasteiger partial charge >= 0.3 is 0 Å². The molecule has 6 heteroatoms. The molecule has 0 bridgehead atoms. The van der Waals surface area contributed by atoms with E-state index in [1.807, 2.05) is 36.4 Å². The first-order valence-electron chi connectivity index (χ1n) is 7.69. The van der Waals surface area contributed by atoms with Crippen LogP contribution in [0.4, 0.5) is 4.39 Å². The van der Waals surface area contributed by atoms with Crippen molar-refractivity contribution in [1.82, 2.24) is 14.6 Å². The van der Waals surface area contributed by atoms with E-state index in [0.717, 1.165) is 11.3 Å². The Bertz CT molecular complexity index is 1090. The summed E-state index contributed by atoms with van der Waals surface area (Å²) < 4.78 is 15.7. The van der Waals surface area contributed by atoms with Gasteiger partial charge in [0, 0.05) is 5.56 Å². The molecule has 0 aliphatic rings. The molecule has 2 aromatic heterocycles. The number of nitrogens with two attached hydrogens (primary N) is 1. The van der Waals surface area contributed by atoms with E-state index in [4.69, 9.17) is 11.1 Å². The van der Waals surface area contributed by atoms with Gasteiger partial charge in [-0.25, -0.2) is 13.9 Å². The monoisotopic (exact) mass is 331 g/mol. The second-order valence-electron chi connectivity index (χ2n) is 5.56. The molecule has 0 saturated carbocycles. The van der Waals surface area contributed by atoms with Crippen LogP contribution in [0.25, 0.3) is 28.3 Å². The van der Waals surface area contributed by atoms with Crippen LogP contribution >= 0.6 is 0 Å². The fourth-order valence-electron chi connectivity index (χ4n) is 2.76. The van der Waals surface area contributed by atoms with Crippen molar-refractivity contribution >= 4 is 11.5 Å². The Hall–Kier alpha value is -3.54. The highest BCUT2D eigenvalue weighted by Crippen LogP contribution is 2.26. The highest BCUT2D eigenvalue weighted by molar-refractivity contribution is 6.01. The van der Waals surface area contributed by atoms with Crippen LogP contribution in [0, 0.1) is 11.2 Å². The van der Waals surface area contributed by atoms with Gasteiger partial charge in [-0.3, -0.25) is 5.41 Å². The zero-order chi connectivity index (χ0) is 17.4. The highest BCUT2D eigenvalue weighted by Gasteiger charge is 2.17. The second kappa shape index (κ2) is 5.83. The molecule has 0 radical (unpaired) electrons. The first-order valence-corrected chi connectivity index (χ1v) is 7.69. The first-order chi connectivity index (χ1) is 12.1. The lowest BCUT2D eigenvalue weighted by molar-refractivity contribution is 0.630. The maximum Gasteiger partial charge on any atom is 0.185 e. The molecule has 2 aromatic carbocycles. The molecule has 4 rings (SSSR count). The smallest absolute Gasteiger partial charge is 0.185 e. The summed E-state index contributed by atoms with van der Waals surface area (Å²) in [5.41, 5.74) is 8.58. The van der Waals surface area contributed by atoms with Crippen molar-refractivity contribution in [2.24, 2.45) is 5.73 Å². The number of rotatable bonds is 3. The summed E-state index contributed by atoms with van der Waals surface area (Å²) in [6, 6.07) is 19.6. The lowest BCUT2D eigenvalue weighted by Gasteiger charge is -2.07. The maximum atomic E-state index is 14.1. The molecule has 0 atom stereocenters. The van der Waals surface area contributed by atoms with E-state index in [1.54, 1.807) is 28.8 Å². The third kappa shape index (κ3) is 2.53. The summed E-state index contributed by atoms with van der Waals surface area (Å²) in [6.45, 7) is 0. The van der Waals surface area contributed by atoms with Gasteiger partial charge in [0.05, 0.1) is 16.8 Å². The predicted octanol–water partition coefficient (Wildman–Crippen LogP) is 3.49. The van der Waals surface area contributed by atoms with Gasteiger partial charge in [-0.15, -0.1) is 5.10 Å². The zero-order valence-corrected chi connectivity index (χ0v) is 13.1. The Balaban J connectivity index is 2.02. The van der Waals surface area contributed by atoms with E-state index in [2.05, 4.69) is 10.1 Å². The Morgan fingerprint density at radius 3 is 2.40 bits per heavy atom. The number of amidine groups is 1. The number of nitrogens with zero attached hydrogens (tertiary/aromatic N) is 3. The summed E-state index contributed by atoms with van der Waals surface area (Å²) in [5.74, 6) is -0.259. The molecule has 122 valence electrons. The minimum atomic E-state index is -0.399. The van der Waals surface area contributed by atoms with Gasteiger partial charge in [-0.05, 0) is 24.3 Å². The number of aromatic nitrogens is 3. The van der Waals surface area contributed by atoms with Crippen LogP contribution in [0.1, 0.15) is 5.56 Å². The van der Waals surface area contributed by atoms with Crippen molar-refractivity contribution in [3.63, 3.8) is 0 Å². The highest BCUT2D eigenvalue weighted by atomic mass is 19.1. The molecule has 2 heterocycles. The predicted molar refractivity (Wildman–Crippen MR) is 94.8 cm³/mol. The Labute approximate surface area is 143 Å². The minimum Gasteiger partial charge on any atom is -0.384 e. The molecule has 0 amide bonds. The summed E-state index contributed by atoms with van der Waals surface area (Å²) in [4.78, 5) is 4.44. The van der Waals surface area contributed by atoms with E-state index in [1.165, 1.54) is 6.07 Å². The summed E-state index contributed by atoms with van der Waals surface area (Å²) >= 11 is 0. The number of pyridine rings is 1. The molecule has 5 nitrogen and oxygen atoms in total. The van der Waals surface area contributed by atoms with E-state index < -0.39 is 5.82 Å². The van der Waals surface area contributed by atoms with Gasteiger partial charge in [-0.1, -0.05) is 42.5 Å². The van der Waals surface area contributed by atoms with E-state index >= 15 is 0 Å². The van der Waals surface area contributed by atoms with Gasteiger partial charge in [0.15, 0.2) is 11.5 Å². The lowest BCUT2D eigenvalue weighted by atomic mass is 10.1. The number of halogens is 1. The molecule has 4 aromatic rings. The third-order valence-corrected chi connectivity index (χ3v) is 3.96. The Morgan fingerprint density at radius 1 is 0.960 bits per heavy atom. The van der Waals surface area contributed by atoms with Crippen LogP contribution in [0.5, 0.6) is 0 Å². The van der Waals surface area contributed by atoms with Crippen molar-refractivity contribution in [3.8, 4) is 22.6 Å². The number of hydrogen-bond acceptors (Lipinski definition) is 3. The average molecular weight is 331 g/mol. The van der Waals surface area contributed by atoms with Gasteiger partial charge in [0.1, 0.15) is 11.7 Å². The first kappa shape index (κ1) is 15.0. The molecular weight excluding hydrogens is 317 g/mol. The average Bonchev–Trinajstić information content (AvgIpc) is 3.06. The SMILES string of the molecule is N=C(N)c1ccc(-c2ccccc2)n2nc(-c3ccccc3F)nc12. The molecule has 25 heavy (non-hydrogen) atoms. The van der Waals surface area contributed by atoms with E-state index in [0.29, 0.717) is 16.8 Å². The number of benzene rings is 2. The number of fused-ring (bicyclic) bond motifs is 1. The second-order valence-corrected chi connectivity index (χ2v) is 5.56. The van der Waals surface area contributed by atoms with Crippen molar-refractivity contribution in [2.45, 2.75) is 0 Å². The van der Waals surface area contributed by atoms with Gasteiger partial charge in [0.25, 0.3) is 0 Å². The largest absolute Gasteiger partial charge is 0.384 e. The maximum absolute atomic E-state index is 14.1. The zero-order valence-electron chi connectivity index (χ0n) is 13.1. The molecule has 3 N–H and O–H groups in total. The quantitative estimate of drug-likeness (QED) is 0.445.